The van der Waals surface area contributed by atoms with Gasteiger partial charge in [-0.25, -0.2) is 0 Å². The number of hydrogen-bond donors (Lipinski definition) is 1. The van der Waals surface area contributed by atoms with E-state index in [1.807, 2.05) is 25.1 Å². The molecule has 16 heavy (non-hydrogen) atoms. The Labute approximate surface area is 112 Å². The molecule has 0 aromatic carbocycles. The SMILES string of the molecule is CCc1ccc(C(N)c2cc(Cl)c(Br)s2)o1. The maximum Gasteiger partial charge on any atom is 0.126 e. The highest BCUT2D eigenvalue weighted by Crippen LogP contribution is 2.36. The maximum atomic E-state index is 6.10. The number of nitrogens with two attached hydrogens (primary N) is 1. The van der Waals surface area contributed by atoms with Gasteiger partial charge in [0, 0.05) is 11.3 Å². The largest absolute Gasteiger partial charge is 0.464 e. The monoisotopic (exact) mass is 319 g/mol. The lowest BCUT2D eigenvalue weighted by Crippen LogP contribution is -2.08. The van der Waals surface area contributed by atoms with E-state index < -0.39 is 0 Å². The Kier molecular flexibility index (Phi) is 3.74. The Morgan fingerprint density at radius 3 is 2.81 bits per heavy atom. The van der Waals surface area contributed by atoms with Gasteiger partial charge in [0.05, 0.1) is 14.9 Å². The molecule has 0 aliphatic heterocycles. The van der Waals surface area contributed by atoms with E-state index in [0.717, 1.165) is 26.6 Å². The van der Waals surface area contributed by atoms with Crippen molar-refractivity contribution in [3.8, 4) is 0 Å². The summed E-state index contributed by atoms with van der Waals surface area (Å²) in [4.78, 5) is 0.994. The molecular weight excluding hydrogens is 310 g/mol. The second-order valence-corrected chi connectivity index (χ2v) is 6.21. The third kappa shape index (κ3) is 2.35. The minimum atomic E-state index is -0.242. The van der Waals surface area contributed by atoms with Crippen LogP contribution in [0.15, 0.2) is 26.4 Å². The molecule has 5 heteroatoms. The molecule has 2 rings (SSSR count). The summed E-state index contributed by atoms with van der Waals surface area (Å²) in [5.41, 5.74) is 6.10. The molecule has 2 N–H and O–H groups in total. The Hall–Kier alpha value is -0.290. The number of aryl methyl sites for hydroxylation is 1. The molecule has 0 spiro atoms. The van der Waals surface area contributed by atoms with E-state index in [2.05, 4.69) is 15.9 Å². The van der Waals surface area contributed by atoms with Crippen LogP contribution in [-0.2, 0) is 6.42 Å². The quantitative estimate of drug-likeness (QED) is 0.912. The Morgan fingerprint density at radius 1 is 1.56 bits per heavy atom. The van der Waals surface area contributed by atoms with Crippen LogP contribution in [0.4, 0.5) is 0 Å². The van der Waals surface area contributed by atoms with E-state index in [4.69, 9.17) is 21.8 Å². The average molecular weight is 321 g/mol. The average Bonchev–Trinajstić information content (AvgIpc) is 2.86. The van der Waals surface area contributed by atoms with Gasteiger partial charge >= 0.3 is 0 Å². The molecule has 2 aromatic rings. The maximum absolute atomic E-state index is 6.10. The van der Waals surface area contributed by atoms with Crippen molar-refractivity contribution in [2.75, 3.05) is 0 Å². The molecule has 1 atom stereocenters. The molecule has 2 aromatic heterocycles. The Balaban J connectivity index is 2.27. The van der Waals surface area contributed by atoms with Crippen molar-refractivity contribution in [1.29, 1.82) is 0 Å². The first kappa shape index (κ1) is 12.2. The standard InChI is InChI=1S/C11H11BrClNOS/c1-2-6-3-4-8(15-6)10(14)9-5-7(13)11(12)16-9/h3-5,10H,2,14H2,1H3. The van der Waals surface area contributed by atoms with Crippen molar-refractivity contribution in [2.24, 2.45) is 5.73 Å². The highest BCUT2D eigenvalue weighted by Gasteiger charge is 2.17. The molecule has 0 aliphatic rings. The molecule has 0 bridgehead atoms. The zero-order valence-electron chi connectivity index (χ0n) is 8.67. The minimum Gasteiger partial charge on any atom is -0.464 e. The van der Waals surface area contributed by atoms with Crippen LogP contribution in [0.25, 0.3) is 0 Å². The molecule has 86 valence electrons. The van der Waals surface area contributed by atoms with Gasteiger partial charge in [-0.3, -0.25) is 0 Å². The summed E-state index contributed by atoms with van der Waals surface area (Å²) in [5.74, 6) is 1.73. The molecule has 0 saturated carbocycles. The first-order chi connectivity index (χ1) is 7.61. The second kappa shape index (κ2) is 4.92. The molecule has 0 fully saturated rings. The van der Waals surface area contributed by atoms with Gasteiger partial charge in [-0.15, -0.1) is 11.3 Å². The number of thiophene rings is 1. The molecule has 0 saturated heterocycles. The highest BCUT2D eigenvalue weighted by molar-refractivity contribution is 9.11. The van der Waals surface area contributed by atoms with Crippen molar-refractivity contribution in [3.05, 3.63) is 43.4 Å². The lowest BCUT2D eigenvalue weighted by Gasteiger charge is -2.05. The van der Waals surface area contributed by atoms with Gasteiger partial charge in [-0.2, -0.15) is 0 Å². The summed E-state index contributed by atoms with van der Waals surface area (Å²) < 4.78 is 6.53. The van der Waals surface area contributed by atoms with Crippen LogP contribution in [0.2, 0.25) is 5.02 Å². The predicted molar refractivity (Wildman–Crippen MR) is 71.1 cm³/mol. The Bertz CT molecular complexity index is 474. The number of furan rings is 1. The summed E-state index contributed by atoms with van der Waals surface area (Å²) in [6.45, 7) is 2.05. The van der Waals surface area contributed by atoms with Crippen LogP contribution in [-0.4, -0.2) is 0 Å². The van der Waals surface area contributed by atoms with Gasteiger partial charge in [-0.05, 0) is 34.1 Å². The smallest absolute Gasteiger partial charge is 0.126 e. The fourth-order valence-electron chi connectivity index (χ4n) is 1.41. The van der Waals surface area contributed by atoms with Gasteiger partial charge in [0.1, 0.15) is 11.5 Å². The summed E-state index contributed by atoms with van der Waals surface area (Å²) in [6, 6.07) is 5.51. The number of hydrogen-bond acceptors (Lipinski definition) is 3. The molecule has 2 heterocycles. The van der Waals surface area contributed by atoms with Crippen molar-refractivity contribution < 1.29 is 4.42 Å². The lowest BCUT2D eigenvalue weighted by molar-refractivity contribution is 0.455. The van der Waals surface area contributed by atoms with Gasteiger partial charge < -0.3 is 10.2 Å². The number of rotatable bonds is 3. The molecule has 0 aliphatic carbocycles. The van der Waals surface area contributed by atoms with Crippen molar-refractivity contribution in [2.45, 2.75) is 19.4 Å². The van der Waals surface area contributed by atoms with E-state index in [1.54, 1.807) is 0 Å². The third-order valence-corrected chi connectivity index (χ3v) is 4.87. The van der Waals surface area contributed by atoms with Crippen molar-refractivity contribution in [3.63, 3.8) is 0 Å². The van der Waals surface area contributed by atoms with Crippen molar-refractivity contribution >= 4 is 38.9 Å². The van der Waals surface area contributed by atoms with Crippen LogP contribution in [0.1, 0.15) is 29.4 Å². The van der Waals surface area contributed by atoms with E-state index in [9.17, 15) is 0 Å². The predicted octanol–water partition coefficient (Wildman–Crippen LogP) is 4.37. The summed E-state index contributed by atoms with van der Waals surface area (Å²) in [5, 5.41) is 0.692. The van der Waals surface area contributed by atoms with Gasteiger partial charge in [0.15, 0.2) is 0 Å². The molecule has 0 amide bonds. The first-order valence-corrected chi connectivity index (χ1v) is 6.89. The van der Waals surface area contributed by atoms with E-state index in [-0.39, 0.29) is 6.04 Å². The molecular formula is C11H11BrClNOS. The van der Waals surface area contributed by atoms with Crippen LogP contribution in [0.3, 0.4) is 0 Å². The third-order valence-electron chi connectivity index (χ3n) is 2.31. The first-order valence-electron chi connectivity index (χ1n) is 4.90. The van der Waals surface area contributed by atoms with E-state index >= 15 is 0 Å². The van der Waals surface area contributed by atoms with Crippen LogP contribution < -0.4 is 5.73 Å². The lowest BCUT2D eigenvalue weighted by atomic mass is 10.2. The summed E-state index contributed by atoms with van der Waals surface area (Å²) >= 11 is 10.9. The van der Waals surface area contributed by atoms with E-state index in [1.165, 1.54) is 11.3 Å². The van der Waals surface area contributed by atoms with Gasteiger partial charge in [0.2, 0.25) is 0 Å². The van der Waals surface area contributed by atoms with Gasteiger partial charge in [-0.1, -0.05) is 18.5 Å². The van der Waals surface area contributed by atoms with Crippen LogP contribution >= 0.6 is 38.9 Å². The summed E-state index contributed by atoms with van der Waals surface area (Å²) in [6.07, 6.45) is 0.877. The fourth-order valence-corrected chi connectivity index (χ4v) is 3.16. The zero-order valence-corrected chi connectivity index (χ0v) is 11.8. The summed E-state index contributed by atoms with van der Waals surface area (Å²) in [7, 11) is 0. The minimum absolute atomic E-state index is 0.242. The van der Waals surface area contributed by atoms with E-state index in [0.29, 0.717) is 5.02 Å². The Morgan fingerprint density at radius 2 is 2.31 bits per heavy atom. The zero-order chi connectivity index (χ0) is 11.7. The van der Waals surface area contributed by atoms with Crippen LogP contribution in [0.5, 0.6) is 0 Å². The molecule has 2 nitrogen and oxygen atoms in total. The number of halogens is 2. The fraction of sp³-hybridized carbons (Fsp3) is 0.273. The highest BCUT2D eigenvalue weighted by atomic mass is 79.9. The molecule has 1 unspecified atom stereocenters. The van der Waals surface area contributed by atoms with Crippen LogP contribution in [0, 0.1) is 0 Å². The van der Waals surface area contributed by atoms with Gasteiger partial charge in [0.25, 0.3) is 0 Å². The van der Waals surface area contributed by atoms with Crippen molar-refractivity contribution in [1.82, 2.24) is 0 Å². The second-order valence-electron chi connectivity index (χ2n) is 3.41. The molecule has 0 radical (unpaired) electrons. The normalized spacial score (nSPS) is 13.0. The topological polar surface area (TPSA) is 39.2 Å².